The van der Waals surface area contributed by atoms with Crippen LogP contribution in [0.15, 0.2) is 42.5 Å². The summed E-state index contributed by atoms with van der Waals surface area (Å²) >= 11 is 0. The molecular formula is C15H13NO5. The van der Waals surface area contributed by atoms with Crippen LogP contribution in [0.1, 0.15) is 22.8 Å². The number of aliphatic hydroxyl groups excluding tert-OH is 1. The predicted octanol–water partition coefficient (Wildman–Crippen LogP) is 3.08. The normalized spacial score (nSPS) is 10.2. The number of Topliss-reactive ketones (excluding diaryl/α,β-unsaturated/α-hetero) is 1. The zero-order valence-electron chi connectivity index (χ0n) is 11.3. The smallest absolute Gasteiger partial charge is 0.283 e. The van der Waals surface area contributed by atoms with Crippen LogP contribution >= 0.6 is 0 Å². The van der Waals surface area contributed by atoms with Crippen LogP contribution in [0, 0.1) is 10.1 Å². The third-order valence-corrected chi connectivity index (χ3v) is 2.92. The van der Waals surface area contributed by atoms with E-state index in [9.17, 15) is 20.0 Å². The van der Waals surface area contributed by atoms with Crippen molar-refractivity contribution in [3.05, 3.63) is 63.7 Å². The number of carbonyl (C=O) groups excluding carboxylic acids is 1. The molecule has 1 N–H and O–H groups in total. The van der Waals surface area contributed by atoms with Gasteiger partial charge in [0, 0.05) is 5.56 Å². The zero-order valence-corrected chi connectivity index (χ0v) is 11.3. The maximum atomic E-state index is 11.4. The van der Waals surface area contributed by atoms with Crippen LogP contribution < -0.4 is 4.74 Å². The number of nitrogens with zero attached hydrogens (tertiary/aromatic N) is 1. The van der Waals surface area contributed by atoms with E-state index in [0.717, 1.165) is 0 Å². The van der Waals surface area contributed by atoms with Gasteiger partial charge in [-0.1, -0.05) is 18.2 Å². The number of aliphatic hydroxyl groups is 1. The highest BCUT2D eigenvalue weighted by molar-refractivity contribution is 5.98. The topological polar surface area (TPSA) is 89.7 Å². The molecule has 0 heterocycles. The first-order valence-electron chi connectivity index (χ1n) is 6.19. The van der Waals surface area contributed by atoms with Crippen molar-refractivity contribution in [3.8, 4) is 11.5 Å². The van der Waals surface area contributed by atoms with Crippen molar-refractivity contribution in [2.24, 2.45) is 0 Å². The van der Waals surface area contributed by atoms with E-state index in [4.69, 9.17) is 4.74 Å². The molecule has 0 bridgehead atoms. The summed E-state index contributed by atoms with van der Waals surface area (Å²) in [6.07, 6.45) is 0. The van der Waals surface area contributed by atoms with Gasteiger partial charge in [0.1, 0.15) is 11.5 Å². The SMILES string of the molecule is CC(=O)c1ccc(Oc2ccccc2CO)cc1[N+](=O)[O-]. The molecule has 0 fully saturated rings. The molecule has 0 saturated heterocycles. The molecule has 21 heavy (non-hydrogen) atoms. The Labute approximate surface area is 120 Å². The summed E-state index contributed by atoms with van der Waals surface area (Å²) in [5.74, 6) is 0.251. The van der Waals surface area contributed by atoms with Gasteiger partial charge in [0.25, 0.3) is 5.69 Å². The van der Waals surface area contributed by atoms with E-state index >= 15 is 0 Å². The molecule has 108 valence electrons. The van der Waals surface area contributed by atoms with Crippen molar-refractivity contribution in [1.29, 1.82) is 0 Å². The lowest BCUT2D eigenvalue weighted by atomic mass is 10.1. The second-order valence-electron chi connectivity index (χ2n) is 4.36. The molecule has 0 unspecified atom stereocenters. The van der Waals surface area contributed by atoms with Gasteiger partial charge in [-0.05, 0) is 25.1 Å². The molecule has 0 atom stereocenters. The monoisotopic (exact) mass is 287 g/mol. The Balaban J connectivity index is 2.39. The van der Waals surface area contributed by atoms with Crippen molar-refractivity contribution in [1.82, 2.24) is 0 Å². The number of nitro groups is 1. The van der Waals surface area contributed by atoms with Gasteiger partial charge in [-0.3, -0.25) is 14.9 Å². The number of hydrogen-bond acceptors (Lipinski definition) is 5. The highest BCUT2D eigenvalue weighted by Gasteiger charge is 2.18. The fourth-order valence-electron chi connectivity index (χ4n) is 1.88. The van der Waals surface area contributed by atoms with Gasteiger partial charge in [-0.25, -0.2) is 0 Å². The first kappa shape index (κ1) is 14.7. The number of ketones is 1. The van der Waals surface area contributed by atoms with Gasteiger partial charge in [0.05, 0.1) is 23.2 Å². The number of hydrogen-bond donors (Lipinski definition) is 1. The molecule has 0 aliphatic rings. The van der Waals surface area contributed by atoms with Gasteiger partial charge >= 0.3 is 0 Å². The molecule has 0 aromatic heterocycles. The van der Waals surface area contributed by atoms with Crippen LogP contribution in [0.2, 0.25) is 0 Å². The Morgan fingerprint density at radius 3 is 2.62 bits per heavy atom. The molecule has 0 aliphatic heterocycles. The van der Waals surface area contributed by atoms with Gasteiger partial charge < -0.3 is 9.84 Å². The molecule has 2 aromatic rings. The standard InChI is InChI=1S/C15H13NO5/c1-10(18)13-7-6-12(8-14(13)16(19)20)21-15-5-3-2-4-11(15)9-17/h2-8,17H,9H2,1H3. The van der Waals surface area contributed by atoms with Crippen molar-refractivity contribution < 1.29 is 19.6 Å². The molecule has 2 aromatic carbocycles. The minimum Gasteiger partial charge on any atom is -0.457 e. The summed E-state index contributed by atoms with van der Waals surface area (Å²) in [6, 6.07) is 10.9. The predicted molar refractivity (Wildman–Crippen MR) is 75.5 cm³/mol. The minimum atomic E-state index is -0.623. The largest absolute Gasteiger partial charge is 0.457 e. The number of para-hydroxylation sites is 1. The van der Waals surface area contributed by atoms with Crippen LogP contribution in [-0.4, -0.2) is 15.8 Å². The highest BCUT2D eigenvalue weighted by Crippen LogP contribution is 2.30. The van der Waals surface area contributed by atoms with E-state index < -0.39 is 4.92 Å². The molecule has 0 amide bonds. The summed E-state index contributed by atoms with van der Waals surface area (Å²) in [7, 11) is 0. The third-order valence-electron chi connectivity index (χ3n) is 2.92. The van der Waals surface area contributed by atoms with Crippen LogP contribution in [0.5, 0.6) is 11.5 Å². The molecule has 0 radical (unpaired) electrons. The highest BCUT2D eigenvalue weighted by atomic mass is 16.6. The summed E-state index contributed by atoms with van der Waals surface area (Å²) in [6.45, 7) is 1.06. The first-order valence-corrected chi connectivity index (χ1v) is 6.19. The second kappa shape index (κ2) is 6.15. The minimum absolute atomic E-state index is 0.0304. The average Bonchev–Trinajstić information content (AvgIpc) is 2.47. The van der Waals surface area contributed by atoms with Gasteiger partial charge in [0.15, 0.2) is 5.78 Å². The number of ether oxygens (including phenoxy) is 1. The lowest BCUT2D eigenvalue weighted by Gasteiger charge is -2.10. The van der Waals surface area contributed by atoms with Crippen molar-refractivity contribution in [3.63, 3.8) is 0 Å². The summed E-state index contributed by atoms with van der Waals surface area (Å²) < 4.78 is 5.55. The lowest BCUT2D eigenvalue weighted by Crippen LogP contribution is -2.00. The van der Waals surface area contributed by atoms with Gasteiger partial charge in [-0.15, -0.1) is 0 Å². The Morgan fingerprint density at radius 2 is 2.00 bits per heavy atom. The molecule has 6 heteroatoms. The first-order chi connectivity index (χ1) is 10.0. The Bertz CT molecular complexity index is 696. The van der Waals surface area contributed by atoms with Crippen LogP contribution in [-0.2, 0) is 6.61 Å². The van der Waals surface area contributed by atoms with Crippen molar-refractivity contribution >= 4 is 11.5 Å². The van der Waals surface area contributed by atoms with Crippen LogP contribution in [0.4, 0.5) is 5.69 Å². The van der Waals surface area contributed by atoms with Crippen molar-refractivity contribution in [2.45, 2.75) is 13.5 Å². The van der Waals surface area contributed by atoms with E-state index in [0.29, 0.717) is 11.3 Å². The number of carbonyl (C=O) groups is 1. The Kier molecular flexibility index (Phi) is 4.30. The number of rotatable bonds is 5. The molecule has 0 saturated carbocycles. The maximum absolute atomic E-state index is 11.4. The fourth-order valence-corrected chi connectivity index (χ4v) is 1.88. The maximum Gasteiger partial charge on any atom is 0.283 e. The molecule has 0 spiro atoms. The molecule has 6 nitrogen and oxygen atoms in total. The number of benzene rings is 2. The van der Waals surface area contributed by atoms with Gasteiger partial charge in [-0.2, -0.15) is 0 Å². The van der Waals surface area contributed by atoms with E-state index in [1.165, 1.54) is 25.1 Å². The summed E-state index contributed by atoms with van der Waals surface area (Å²) in [5, 5.41) is 20.2. The van der Waals surface area contributed by atoms with E-state index in [1.54, 1.807) is 24.3 Å². The Hall–Kier alpha value is -2.73. The second-order valence-corrected chi connectivity index (χ2v) is 4.36. The quantitative estimate of drug-likeness (QED) is 0.518. The molecular weight excluding hydrogens is 274 g/mol. The average molecular weight is 287 g/mol. The lowest BCUT2D eigenvalue weighted by molar-refractivity contribution is -0.385. The van der Waals surface area contributed by atoms with Crippen molar-refractivity contribution in [2.75, 3.05) is 0 Å². The molecule has 0 aliphatic carbocycles. The van der Waals surface area contributed by atoms with E-state index in [2.05, 4.69) is 0 Å². The van der Waals surface area contributed by atoms with E-state index in [1.807, 2.05) is 0 Å². The van der Waals surface area contributed by atoms with E-state index in [-0.39, 0.29) is 29.4 Å². The third kappa shape index (κ3) is 3.24. The van der Waals surface area contributed by atoms with Crippen LogP contribution in [0.3, 0.4) is 0 Å². The number of nitro benzene ring substituents is 1. The summed E-state index contributed by atoms with van der Waals surface area (Å²) in [5.41, 5.74) is 0.292. The fraction of sp³-hybridized carbons (Fsp3) is 0.133. The zero-order chi connectivity index (χ0) is 15.4. The summed E-state index contributed by atoms with van der Waals surface area (Å²) in [4.78, 5) is 21.8. The van der Waals surface area contributed by atoms with Gasteiger partial charge in [0.2, 0.25) is 0 Å². The van der Waals surface area contributed by atoms with Crippen LogP contribution in [0.25, 0.3) is 0 Å². The Morgan fingerprint density at radius 1 is 1.29 bits per heavy atom. The molecule has 2 rings (SSSR count).